The lowest BCUT2D eigenvalue weighted by Gasteiger charge is -2.47. The number of rotatable bonds is 6. The average molecular weight is 537 g/mol. The Morgan fingerprint density at radius 3 is 2.19 bits per heavy atom. The van der Waals surface area contributed by atoms with Crippen LogP contribution in [0.2, 0.25) is 0 Å². The molecule has 1 N–H and O–H groups in total. The minimum Gasteiger partial charge on any atom is -0.445 e. The van der Waals surface area contributed by atoms with Gasteiger partial charge in [-0.15, -0.1) is 0 Å². The number of carbonyl (C=O) groups is 2. The molecule has 3 saturated heterocycles. The van der Waals surface area contributed by atoms with Crippen molar-refractivity contribution >= 4 is 22.2 Å². The molecule has 10 nitrogen and oxygen atoms in total. The smallest absolute Gasteiger partial charge is 0.410 e. The molecular formula is C26H40N4O6S. The Morgan fingerprint density at radius 1 is 0.973 bits per heavy atom. The molecule has 2 amide bonds. The second kappa shape index (κ2) is 11.6. The van der Waals surface area contributed by atoms with E-state index in [1.165, 1.54) is 0 Å². The maximum atomic E-state index is 13.3. The number of ether oxygens (including phenoxy) is 2. The highest BCUT2D eigenvalue weighted by Crippen LogP contribution is 2.27. The number of benzene rings is 1. The third kappa shape index (κ3) is 7.36. The number of hydrogen-bond acceptors (Lipinski definition) is 7. The first kappa shape index (κ1) is 27.7. The van der Waals surface area contributed by atoms with Crippen molar-refractivity contribution in [2.24, 2.45) is 0 Å². The van der Waals surface area contributed by atoms with E-state index >= 15 is 0 Å². The molecule has 0 spiro atoms. The summed E-state index contributed by atoms with van der Waals surface area (Å²) < 4.78 is 38.9. The molecule has 0 unspecified atom stereocenters. The van der Waals surface area contributed by atoms with Crippen LogP contribution in [0, 0.1) is 0 Å². The Morgan fingerprint density at radius 2 is 1.59 bits per heavy atom. The molecule has 0 aromatic heterocycles. The Kier molecular flexibility index (Phi) is 8.65. The van der Waals surface area contributed by atoms with Gasteiger partial charge in [0.1, 0.15) is 12.2 Å². The zero-order chi connectivity index (χ0) is 26.6. The van der Waals surface area contributed by atoms with Crippen molar-refractivity contribution in [3.8, 4) is 0 Å². The first-order chi connectivity index (χ1) is 17.5. The number of nitrogens with zero attached hydrogens (tertiary/aromatic N) is 3. The number of sulfonamides is 1. The topological polar surface area (TPSA) is 108 Å². The normalized spacial score (nSPS) is 21.3. The van der Waals surface area contributed by atoms with Gasteiger partial charge in [-0.25, -0.2) is 22.3 Å². The molecule has 3 heterocycles. The third-order valence-electron chi connectivity index (χ3n) is 7.28. The summed E-state index contributed by atoms with van der Waals surface area (Å²) in [6.45, 7) is 9.25. The van der Waals surface area contributed by atoms with Gasteiger partial charge < -0.3 is 19.7 Å². The standard InChI is InChI=1S/C26H40N4O6S/c1-26(2,3)36-25(32)29-17-22(18-29)28-13-11-23(12-14-28)37(33,34)30-15-9-21(10-16-30)27-24(31)35-19-20-7-5-4-6-8-20/h4-8,21-23H,9-19H2,1-3H3,(H,27,31). The van der Waals surface area contributed by atoms with Gasteiger partial charge in [0.25, 0.3) is 0 Å². The molecule has 37 heavy (non-hydrogen) atoms. The minimum atomic E-state index is -3.39. The number of hydrogen-bond donors (Lipinski definition) is 1. The van der Waals surface area contributed by atoms with Crippen molar-refractivity contribution in [1.82, 2.24) is 19.4 Å². The van der Waals surface area contributed by atoms with E-state index in [9.17, 15) is 18.0 Å². The first-order valence-corrected chi connectivity index (χ1v) is 14.7. The van der Waals surface area contributed by atoms with Gasteiger partial charge in [0.2, 0.25) is 10.0 Å². The second-order valence-electron chi connectivity index (χ2n) is 11.2. The Labute approximate surface area is 220 Å². The molecule has 4 rings (SSSR count). The summed E-state index contributed by atoms with van der Waals surface area (Å²) in [6, 6.07) is 9.65. The molecule has 1 aromatic carbocycles. The maximum Gasteiger partial charge on any atom is 0.410 e. The summed E-state index contributed by atoms with van der Waals surface area (Å²) in [6.07, 6.45) is 1.56. The molecule has 0 radical (unpaired) electrons. The number of likely N-dealkylation sites (tertiary alicyclic amines) is 2. The maximum absolute atomic E-state index is 13.3. The van der Waals surface area contributed by atoms with Gasteiger partial charge in [-0.05, 0) is 65.1 Å². The summed E-state index contributed by atoms with van der Waals surface area (Å²) in [5.41, 5.74) is 0.410. The van der Waals surface area contributed by atoms with Crippen molar-refractivity contribution in [2.75, 3.05) is 39.3 Å². The van der Waals surface area contributed by atoms with E-state index in [4.69, 9.17) is 9.47 Å². The summed E-state index contributed by atoms with van der Waals surface area (Å²) in [7, 11) is -3.39. The molecule has 3 aliphatic rings. The van der Waals surface area contributed by atoms with Gasteiger partial charge in [-0.1, -0.05) is 30.3 Å². The van der Waals surface area contributed by atoms with Crippen LogP contribution in [0.5, 0.6) is 0 Å². The number of carbonyl (C=O) groups excluding carboxylic acids is 2. The molecule has 0 saturated carbocycles. The van der Waals surface area contributed by atoms with Gasteiger partial charge in [-0.2, -0.15) is 0 Å². The predicted octanol–water partition coefficient (Wildman–Crippen LogP) is 2.79. The van der Waals surface area contributed by atoms with Crippen molar-refractivity contribution in [2.45, 2.75) is 76.0 Å². The lowest BCUT2D eigenvalue weighted by Crippen LogP contribution is -2.63. The third-order valence-corrected chi connectivity index (χ3v) is 9.68. The highest BCUT2D eigenvalue weighted by atomic mass is 32.2. The molecule has 0 atom stereocenters. The summed E-state index contributed by atoms with van der Waals surface area (Å²) in [5.74, 6) is 0. The largest absolute Gasteiger partial charge is 0.445 e. The van der Waals surface area contributed by atoms with Gasteiger partial charge in [-0.3, -0.25) is 4.90 Å². The Hall–Kier alpha value is -2.37. The van der Waals surface area contributed by atoms with Crippen molar-refractivity contribution < 1.29 is 27.5 Å². The summed E-state index contributed by atoms with van der Waals surface area (Å²) >= 11 is 0. The van der Waals surface area contributed by atoms with Gasteiger partial charge in [0.05, 0.1) is 5.25 Å². The van der Waals surface area contributed by atoms with Crippen LogP contribution in [0.4, 0.5) is 9.59 Å². The quantitative estimate of drug-likeness (QED) is 0.596. The van der Waals surface area contributed by atoms with E-state index in [2.05, 4.69) is 10.2 Å². The average Bonchev–Trinajstić information content (AvgIpc) is 2.82. The van der Waals surface area contributed by atoms with Crippen LogP contribution in [-0.2, 0) is 26.1 Å². The van der Waals surface area contributed by atoms with Crippen LogP contribution in [0.25, 0.3) is 0 Å². The number of piperidine rings is 2. The minimum absolute atomic E-state index is 0.0943. The van der Waals surface area contributed by atoms with Crippen LogP contribution < -0.4 is 5.32 Å². The molecule has 3 aliphatic heterocycles. The monoisotopic (exact) mass is 536 g/mol. The fourth-order valence-corrected chi connectivity index (χ4v) is 7.05. The number of alkyl carbamates (subject to hydrolysis) is 1. The van der Waals surface area contributed by atoms with E-state index in [1.807, 2.05) is 51.1 Å². The zero-order valence-corrected chi connectivity index (χ0v) is 22.9. The number of nitrogens with one attached hydrogen (secondary N) is 1. The first-order valence-electron chi connectivity index (χ1n) is 13.2. The summed E-state index contributed by atoms with van der Waals surface area (Å²) in [5, 5.41) is 2.49. The van der Waals surface area contributed by atoms with Gasteiger partial charge in [0, 0.05) is 38.3 Å². The van der Waals surface area contributed by atoms with Crippen LogP contribution in [0.1, 0.15) is 52.0 Å². The van der Waals surface area contributed by atoms with E-state index in [-0.39, 0.29) is 30.0 Å². The Bertz CT molecular complexity index is 1020. The lowest BCUT2D eigenvalue weighted by atomic mass is 10.0. The molecule has 3 fully saturated rings. The number of amides is 2. The van der Waals surface area contributed by atoms with E-state index in [0.717, 1.165) is 5.56 Å². The van der Waals surface area contributed by atoms with Crippen LogP contribution in [0.3, 0.4) is 0 Å². The van der Waals surface area contributed by atoms with Crippen molar-refractivity contribution in [3.63, 3.8) is 0 Å². The van der Waals surface area contributed by atoms with Crippen LogP contribution in [-0.4, -0.2) is 96.9 Å². The highest BCUT2D eigenvalue weighted by molar-refractivity contribution is 7.89. The van der Waals surface area contributed by atoms with Crippen LogP contribution in [0.15, 0.2) is 30.3 Å². The van der Waals surface area contributed by atoms with Gasteiger partial charge in [0.15, 0.2) is 0 Å². The molecule has 0 bridgehead atoms. The lowest BCUT2D eigenvalue weighted by molar-refractivity contribution is -0.0184. The molecular weight excluding hydrogens is 496 g/mol. The second-order valence-corrected chi connectivity index (χ2v) is 13.4. The van der Waals surface area contributed by atoms with E-state index < -0.39 is 21.7 Å². The zero-order valence-electron chi connectivity index (χ0n) is 22.1. The van der Waals surface area contributed by atoms with E-state index in [1.54, 1.807) is 9.21 Å². The molecule has 0 aliphatic carbocycles. The molecule has 1 aromatic rings. The SMILES string of the molecule is CC(C)(C)OC(=O)N1CC(N2CCC(S(=O)(=O)N3CCC(NC(=O)OCc4ccccc4)CC3)CC2)C1. The highest BCUT2D eigenvalue weighted by Gasteiger charge is 2.41. The molecule has 11 heteroatoms. The van der Waals surface area contributed by atoms with E-state index in [0.29, 0.717) is 65.0 Å². The fraction of sp³-hybridized carbons (Fsp3) is 0.692. The van der Waals surface area contributed by atoms with Crippen molar-refractivity contribution in [3.05, 3.63) is 35.9 Å². The Balaban J connectivity index is 1.15. The van der Waals surface area contributed by atoms with Gasteiger partial charge >= 0.3 is 12.2 Å². The van der Waals surface area contributed by atoms with Crippen molar-refractivity contribution in [1.29, 1.82) is 0 Å². The predicted molar refractivity (Wildman–Crippen MR) is 139 cm³/mol. The molecule has 206 valence electrons. The fourth-order valence-electron chi connectivity index (χ4n) is 5.10. The van der Waals surface area contributed by atoms with Crippen LogP contribution >= 0.6 is 0 Å². The summed E-state index contributed by atoms with van der Waals surface area (Å²) in [4.78, 5) is 28.3.